The van der Waals surface area contributed by atoms with Crippen LogP contribution in [0.25, 0.3) is 0 Å². The summed E-state index contributed by atoms with van der Waals surface area (Å²) in [6, 6.07) is 7.58. The lowest BCUT2D eigenvalue weighted by Gasteiger charge is -2.14. The fourth-order valence-electron chi connectivity index (χ4n) is 1.61. The number of nitrogens with one attached hydrogen (secondary N) is 1. The van der Waals surface area contributed by atoms with E-state index in [4.69, 9.17) is 13.9 Å². The maximum atomic E-state index is 5.29. The zero-order chi connectivity index (χ0) is 12.1. The highest BCUT2D eigenvalue weighted by Gasteiger charge is 2.09. The molecule has 17 heavy (non-hydrogen) atoms. The Morgan fingerprint density at radius 2 is 1.82 bits per heavy atom. The summed E-state index contributed by atoms with van der Waals surface area (Å²) in [4.78, 5) is 0. The van der Waals surface area contributed by atoms with Crippen molar-refractivity contribution in [2.24, 2.45) is 0 Å². The maximum Gasteiger partial charge on any atom is 0.145 e. The van der Waals surface area contributed by atoms with Crippen molar-refractivity contribution < 1.29 is 13.9 Å². The van der Waals surface area contributed by atoms with Crippen molar-refractivity contribution in [2.75, 3.05) is 19.5 Å². The van der Waals surface area contributed by atoms with Crippen molar-refractivity contribution >= 4 is 5.69 Å². The Bertz CT molecular complexity index is 443. The van der Waals surface area contributed by atoms with Gasteiger partial charge in [0.05, 0.1) is 26.7 Å². The van der Waals surface area contributed by atoms with E-state index in [0.717, 1.165) is 22.7 Å². The molecular weight excluding hydrogens is 218 g/mol. The number of methoxy groups -OCH3 is 2. The molecule has 0 amide bonds. The first-order valence-corrected chi connectivity index (χ1v) is 5.31. The minimum absolute atomic E-state index is 0.660. The molecular formula is C13H15NO3. The van der Waals surface area contributed by atoms with E-state index in [0.29, 0.717) is 6.54 Å². The van der Waals surface area contributed by atoms with Gasteiger partial charge < -0.3 is 19.2 Å². The number of furan rings is 1. The monoisotopic (exact) mass is 233 g/mol. The number of hydrogen-bond acceptors (Lipinski definition) is 4. The molecule has 0 aliphatic rings. The fourth-order valence-corrected chi connectivity index (χ4v) is 1.61. The average molecular weight is 233 g/mol. The van der Waals surface area contributed by atoms with E-state index in [2.05, 4.69) is 5.32 Å². The summed E-state index contributed by atoms with van der Waals surface area (Å²) in [5, 5.41) is 3.28. The molecule has 2 rings (SSSR count). The third-order valence-corrected chi connectivity index (χ3v) is 2.48. The molecule has 0 unspecified atom stereocenters. The van der Waals surface area contributed by atoms with Crippen molar-refractivity contribution in [3.63, 3.8) is 0 Å². The van der Waals surface area contributed by atoms with Gasteiger partial charge in [-0.1, -0.05) is 6.07 Å². The van der Waals surface area contributed by atoms with E-state index in [9.17, 15) is 0 Å². The summed E-state index contributed by atoms with van der Waals surface area (Å²) in [6.45, 7) is 0.660. The van der Waals surface area contributed by atoms with Gasteiger partial charge in [-0.15, -0.1) is 0 Å². The number of hydrogen-bond donors (Lipinski definition) is 1. The Morgan fingerprint density at radius 1 is 1.12 bits per heavy atom. The molecule has 0 saturated heterocycles. The summed E-state index contributed by atoms with van der Waals surface area (Å²) in [5.41, 5.74) is 1.91. The van der Waals surface area contributed by atoms with Crippen molar-refractivity contribution in [3.8, 4) is 11.5 Å². The topological polar surface area (TPSA) is 43.6 Å². The van der Waals surface area contributed by atoms with E-state index < -0.39 is 0 Å². The van der Waals surface area contributed by atoms with Crippen molar-refractivity contribution in [1.82, 2.24) is 0 Å². The minimum Gasteiger partial charge on any atom is -0.494 e. The Labute approximate surface area is 100 Å². The smallest absolute Gasteiger partial charge is 0.145 e. The average Bonchev–Trinajstić information content (AvgIpc) is 2.88. The summed E-state index contributed by atoms with van der Waals surface area (Å²) < 4.78 is 15.6. The van der Waals surface area contributed by atoms with Crippen LogP contribution in [-0.2, 0) is 6.54 Å². The van der Waals surface area contributed by atoms with E-state index in [-0.39, 0.29) is 0 Å². The highest BCUT2D eigenvalue weighted by molar-refractivity contribution is 5.66. The molecule has 0 fully saturated rings. The normalized spacial score (nSPS) is 10.0. The lowest BCUT2D eigenvalue weighted by Crippen LogP contribution is -2.02. The molecule has 1 aromatic carbocycles. The van der Waals surface area contributed by atoms with Gasteiger partial charge in [0, 0.05) is 12.1 Å². The maximum absolute atomic E-state index is 5.29. The molecule has 90 valence electrons. The van der Waals surface area contributed by atoms with Crippen molar-refractivity contribution in [3.05, 3.63) is 42.4 Å². The van der Waals surface area contributed by atoms with Crippen LogP contribution in [0.2, 0.25) is 0 Å². The highest BCUT2D eigenvalue weighted by Crippen LogP contribution is 2.34. The fraction of sp³-hybridized carbons (Fsp3) is 0.231. The van der Waals surface area contributed by atoms with Gasteiger partial charge in [-0.25, -0.2) is 0 Å². The first kappa shape index (κ1) is 11.4. The van der Waals surface area contributed by atoms with Crippen LogP contribution in [0.15, 0.2) is 41.2 Å². The summed E-state index contributed by atoms with van der Waals surface area (Å²) in [5.74, 6) is 1.51. The zero-order valence-corrected chi connectivity index (χ0v) is 9.90. The Kier molecular flexibility index (Phi) is 3.55. The second-order valence-corrected chi connectivity index (χ2v) is 3.52. The third kappa shape index (κ3) is 2.53. The van der Waals surface area contributed by atoms with Gasteiger partial charge in [0.1, 0.15) is 17.2 Å². The highest BCUT2D eigenvalue weighted by atomic mass is 16.5. The van der Waals surface area contributed by atoms with Crippen LogP contribution in [0, 0.1) is 0 Å². The number of para-hydroxylation sites is 1. The van der Waals surface area contributed by atoms with Gasteiger partial charge in [0.25, 0.3) is 0 Å². The minimum atomic E-state index is 0.660. The van der Waals surface area contributed by atoms with E-state index in [1.807, 2.05) is 24.3 Å². The quantitative estimate of drug-likeness (QED) is 0.862. The van der Waals surface area contributed by atoms with Crippen LogP contribution in [0.3, 0.4) is 0 Å². The summed E-state index contributed by atoms with van der Waals surface area (Å²) >= 11 is 0. The molecule has 0 bridgehead atoms. The predicted molar refractivity (Wildman–Crippen MR) is 65.6 cm³/mol. The van der Waals surface area contributed by atoms with E-state index >= 15 is 0 Å². The summed E-state index contributed by atoms with van der Waals surface area (Å²) in [7, 11) is 3.27. The molecule has 0 aliphatic heterocycles. The predicted octanol–water partition coefficient (Wildman–Crippen LogP) is 2.91. The molecule has 0 radical (unpaired) electrons. The lowest BCUT2D eigenvalue weighted by atomic mass is 10.2. The first-order chi connectivity index (χ1) is 8.35. The van der Waals surface area contributed by atoms with Crippen LogP contribution in [0.1, 0.15) is 5.56 Å². The first-order valence-electron chi connectivity index (χ1n) is 5.31. The van der Waals surface area contributed by atoms with Crippen molar-refractivity contribution in [1.29, 1.82) is 0 Å². The molecule has 2 aromatic rings. The van der Waals surface area contributed by atoms with E-state index in [1.165, 1.54) is 0 Å². The molecule has 4 heteroatoms. The summed E-state index contributed by atoms with van der Waals surface area (Å²) in [6.07, 6.45) is 3.35. The lowest BCUT2D eigenvalue weighted by molar-refractivity contribution is 0.397. The molecule has 1 aromatic heterocycles. The second kappa shape index (κ2) is 5.30. The molecule has 0 spiro atoms. The van der Waals surface area contributed by atoms with Gasteiger partial charge in [-0.2, -0.15) is 0 Å². The van der Waals surface area contributed by atoms with Crippen molar-refractivity contribution in [2.45, 2.75) is 6.54 Å². The number of rotatable bonds is 5. The number of ether oxygens (including phenoxy) is 2. The second-order valence-electron chi connectivity index (χ2n) is 3.52. The third-order valence-electron chi connectivity index (χ3n) is 2.48. The Hall–Kier alpha value is -2.10. The van der Waals surface area contributed by atoms with Crippen LogP contribution < -0.4 is 14.8 Å². The standard InChI is InChI=1S/C13H15NO3/c1-15-11-4-3-5-12(16-2)13(11)14-8-10-6-7-17-9-10/h3-7,9,14H,8H2,1-2H3. The van der Waals surface area contributed by atoms with Crippen LogP contribution in [0.4, 0.5) is 5.69 Å². The zero-order valence-electron chi connectivity index (χ0n) is 9.90. The Balaban J connectivity index is 2.18. The van der Waals surface area contributed by atoms with Gasteiger partial charge in [-0.3, -0.25) is 0 Å². The molecule has 1 heterocycles. The van der Waals surface area contributed by atoms with Gasteiger partial charge in [0.2, 0.25) is 0 Å². The van der Waals surface area contributed by atoms with Crippen LogP contribution in [0.5, 0.6) is 11.5 Å². The SMILES string of the molecule is COc1cccc(OC)c1NCc1ccoc1. The van der Waals surface area contributed by atoms with Gasteiger partial charge >= 0.3 is 0 Å². The van der Waals surface area contributed by atoms with Gasteiger partial charge in [0.15, 0.2) is 0 Å². The number of anilines is 1. The van der Waals surface area contributed by atoms with E-state index in [1.54, 1.807) is 26.7 Å². The van der Waals surface area contributed by atoms with Gasteiger partial charge in [-0.05, 0) is 18.2 Å². The van der Waals surface area contributed by atoms with Crippen LogP contribution >= 0.6 is 0 Å². The molecule has 0 atom stereocenters. The largest absolute Gasteiger partial charge is 0.494 e. The molecule has 0 aliphatic carbocycles. The molecule has 1 N–H and O–H groups in total. The molecule has 0 saturated carbocycles. The van der Waals surface area contributed by atoms with Crippen LogP contribution in [-0.4, -0.2) is 14.2 Å². The number of benzene rings is 1. The molecule has 4 nitrogen and oxygen atoms in total. The Morgan fingerprint density at radius 3 is 2.35 bits per heavy atom.